The first-order valence-corrected chi connectivity index (χ1v) is 9.16. The molecule has 2 saturated carbocycles. The van der Waals surface area contributed by atoms with E-state index in [0.717, 1.165) is 25.0 Å². The maximum Gasteiger partial charge on any atom is 0.139 e. The normalized spacial score (nSPS) is 41.9. The molecule has 6 atom stereocenters. The predicted octanol–water partition coefficient (Wildman–Crippen LogP) is 4.61. The van der Waals surface area contributed by atoms with Gasteiger partial charge in [0.15, 0.2) is 0 Å². The second kappa shape index (κ2) is 5.09. The maximum absolute atomic E-state index is 12.6. The minimum Gasteiger partial charge on any atom is -0.497 e. The molecule has 2 nitrogen and oxygen atoms in total. The fourth-order valence-corrected chi connectivity index (χ4v) is 6.32. The van der Waals surface area contributed by atoms with Gasteiger partial charge in [0.2, 0.25) is 0 Å². The lowest BCUT2D eigenvalue weighted by Crippen LogP contribution is -2.46. The summed E-state index contributed by atoms with van der Waals surface area (Å²) in [5.41, 5.74) is 2.94. The molecule has 0 unspecified atom stereocenters. The summed E-state index contributed by atoms with van der Waals surface area (Å²) < 4.78 is 5.42. The van der Waals surface area contributed by atoms with Crippen molar-refractivity contribution in [1.82, 2.24) is 0 Å². The van der Waals surface area contributed by atoms with Gasteiger partial charge in [0.25, 0.3) is 0 Å². The predicted molar refractivity (Wildman–Crippen MR) is 91.7 cm³/mol. The molecule has 2 heteroatoms. The third-order valence-corrected chi connectivity index (χ3v) is 7.30. The highest BCUT2D eigenvalue weighted by atomic mass is 16.5. The maximum atomic E-state index is 12.6. The van der Waals surface area contributed by atoms with Crippen LogP contribution in [0.2, 0.25) is 0 Å². The molecule has 0 heterocycles. The molecule has 23 heavy (non-hydrogen) atoms. The van der Waals surface area contributed by atoms with Gasteiger partial charge in [-0.1, -0.05) is 26.8 Å². The molecular formula is C21H28O2. The molecule has 0 aromatic heterocycles. The Bertz CT molecular complexity index is 649. The Morgan fingerprint density at radius 2 is 1.96 bits per heavy atom. The van der Waals surface area contributed by atoms with E-state index in [1.807, 2.05) is 0 Å². The van der Waals surface area contributed by atoms with Crippen LogP contribution in [0.4, 0.5) is 0 Å². The van der Waals surface area contributed by atoms with Crippen LogP contribution in [-0.2, 0) is 11.2 Å². The lowest BCUT2D eigenvalue weighted by Gasteiger charge is -2.52. The Morgan fingerprint density at radius 1 is 1.17 bits per heavy atom. The highest BCUT2D eigenvalue weighted by Gasteiger charge is 2.58. The molecule has 0 amide bonds. The zero-order chi connectivity index (χ0) is 16.4. The van der Waals surface area contributed by atoms with Crippen LogP contribution < -0.4 is 4.74 Å². The first-order chi connectivity index (χ1) is 11.0. The summed E-state index contributed by atoms with van der Waals surface area (Å²) in [7, 11) is 1.74. The Hall–Kier alpha value is -1.31. The van der Waals surface area contributed by atoms with Gasteiger partial charge in [-0.05, 0) is 72.1 Å². The molecule has 2 fully saturated rings. The zero-order valence-electron chi connectivity index (χ0n) is 14.8. The smallest absolute Gasteiger partial charge is 0.139 e. The van der Waals surface area contributed by atoms with Crippen LogP contribution in [0.15, 0.2) is 18.2 Å². The lowest BCUT2D eigenvalue weighted by molar-refractivity contribution is -0.130. The van der Waals surface area contributed by atoms with E-state index in [0.29, 0.717) is 35.4 Å². The van der Waals surface area contributed by atoms with Crippen molar-refractivity contribution in [3.8, 4) is 5.75 Å². The summed E-state index contributed by atoms with van der Waals surface area (Å²) in [4.78, 5) is 12.6. The molecule has 4 rings (SSSR count). The van der Waals surface area contributed by atoms with Crippen molar-refractivity contribution < 1.29 is 9.53 Å². The SMILES string of the molecule is COc1ccc2c(c1)C[C@@H](C)[C@H]1[C@H]3[C@H](C)CC(=O)[C@@]3(C)CC[C@H]21. The Morgan fingerprint density at radius 3 is 2.70 bits per heavy atom. The molecule has 3 aliphatic rings. The Kier molecular flexibility index (Phi) is 3.37. The minimum absolute atomic E-state index is 0.0567. The number of ether oxygens (including phenoxy) is 1. The molecular weight excluding hydrogens is 284 g/mol. The summed E-state index contributed by atoms with van der Waals surface area (Å²) in [6, 6.07) is 6.64. The second-order valence-corrected chi connectivity index (χ2v) is 8.52. The standard InChI is InChI=1S/C21H28O2/c1-12-9-14-11-15(23-4)5-6-16(14)17-7-8-21(3)18(22)10-13(2)20(21)19(12)17/h5-6,11-13,17,19-20H,7-10H2,1-4H3/t12-,13-,17-,19-,20-,21-/m1/s1. The fourth-order valence-electron chi connectivity index (χ4n) is 6.32. The molecule has 0 saturated heterocycles. The van der Waals surface area contributed by atoms with Crippen molar-refractivity contribution in [3.63, 3.8) is 0 Å². The molecule has 0 N–H and O–H groups in total. The number of ketones is 1. The topological polar surface area (TPSA) is 26.3 Å². The van der Waals surface area contributed by atoms with Crippen LogP contribution in [0.5, 0.6) is 5.75 Å². The third kappa shape index (κ3) is 2.03. The number of carbonyl (C=O) groups excluding carboxylic acids is 1. The van der Waals surface area contributed by atoms with Gasteiger partial charge < -0.3 is 4.74 Å². The molecule has 0 radical (unpaired) electrons. The molecule has 0 bridgehead atoms. The van der Waals surface area contributed by atoms with E-state index in [-0.39, 0.29) is 5.41 Å². The van der Waals surface area contributed by atoms with Gasteiger partial charge in [-0.25, -0.2) is 0 Å². The van der Waals surface area contributed by atoms with Crippen molar-refractivity contribution >= 4 is 5.78 Å². The fraction of sp³-hybridized carbons (Fsp3) is 0.667. The summed E-state index contributed by atoms with van der Waals surface area (Å²) in [5.74, 6) is 4.56. The molecule has 0 spiro atoms. The van der Waals surface area contributed by atoms with Crippen molar-refractivity contribution in [3.05, 3.63) is 29.3 Å². The van der Waals surface area contributed by atoms with Gasteiger partial charge in [-0.2, -0.15) is 0 Å². The molecule has 124 valence electrons. The van der Waals surface area contributed by atoms with Crippen LogP contribution in [0.3, 0.4) is 0 Å². The average Bonchev–Trinajstić information content (AvgIpc) is 2.76. The van der Waals surface area contributed by atoms with E-state index in [4.69, 9.17) is 4.74 Å². The lowest BCUT2D eigenvalue weighted by atomic mass is 9.52. The Labute approximate surface area is 139 Å². The van der Waals surface area contributed by atoms with E-state index in [1.165, 1.54) is 17.5 Å². The summed E-state index contributed by atoms with van der Waals surface area (Å²) in [5, 5.41) is 0. The van der Waals surface area contributed by atoms with Crippen molar-refractivity contribution in [2.45, 2.75) is 52.4 Å². The highest BCUT2D eigenvalue weighted by Crippen LogP contribution is 2.62. The van der Waals surface area contributed by atoms with Gasteiger partial charge in [0.1, 0.15) is 11.5 Å². The van der Waals surface area contributed by atoms with E-state index < -0.39 is 0 Å². The summed E-state index contributed by atoms with van der Waals surface area (Å²) >= 11 is 0. The van der Waals surface area contributed by atoms with E-state index in [9.17, 15) is 4.79 Å². The number of hydrogen-bond donors (Lipinski definition) is 0. The van der Waals surface area contributed by atoms with Crippen molar-refractivity contribution in [1.29, 1.82) is 0 Å². The first-order valence-electron chi connectivity index (χ1n) is 9.16. The first kappa shape index (κ1) is 15.2. The number of rotatable bonds is 1. The molecule has 1 aromatic rings. The van der Waals surface area contributed by atoms with E-state index >= 15 is 0 Å². The monoisotopic (exact) mass is 312 g/mol. The number of carbonyl (C=O) groups is 1. The second-order valence-electron chi connectivity index (χ2n) is 8.52. The minimum atomic E-state index is -0.0567. The average molecular weight is 312 g/mol. The number of benzene rings is 1. The molecule has 1 aromatic carbocycles. The Balaban J connectivity index is 1.77. The van der Waals surface area contributed by atoms with Crippen LogP contribution in [-0.4, -0.2) is 12.9 Å². The highest BCUT2D eigenvalue weighted by molar-refractivity contribution is 5.87. The third-order valence-electron chi connectivity index (χ3n) is 7.30. The largest absolute Gasteiger partial charge is 0.497 e. The quantitative estimate of drug-likeness (QED) is 0.757. The van der Waals surface area contributed by atoms with Crippen molar-refractivity contribution in [2.24, 2.45) is 29.1 Å². The van der Waals surface area contributed by atoms with Gasteiger partial charge in [0.05, 0.1) is 7.11 Å². The molecule has 3 aliphatic carbocycles. The number of methoxy groups -OCH3 is 1. The van der Waals surface area contributed by atoms with Crippen LogP contribution in [0.1, 0.15) is 57.1 Å². The van der Waals surface area contributed by atoms with Gasteiger partial charge in [-0.15, -0.1) is 0 Å². The van der Waals surface area contributed by atoms with Gasteiger partial charge >= 0.3 is 0 Å². The van der Waals surface area contributed by atoms with E-state index in [1.54, 1.807) is 7.11 Å². The van der Waals surface area contributed by atoms with Crippen LogP contribution >= 0.6 is 0 Å². The van der Waals surface area contributed by atoms with Crippen molar-refractivity contribution in [2.75, 3.05) is 7.11 Å². The summed E-state index contributed by atoms with van der Waals surface area (Å²) in [6.45, 7) is 6.98. The number of fused-ring (bicyclic) bond motifs is 5. The zero-order valence-corrected chi connectivity index (χ0v) is 14.8. The number of hydrogen-bond acceptors (Lipinski definition) is 2. The van der Waals surface area contributed by atoms with Crippen LogP contribution in [0, 0.1) is 29.1 Å². The van der Waals surface area contributed by atoms with Gasteiger partial charge in [0, 0.05) is 11.8 Å². The van der Waals surface area contributed by atoms with Crippen LogP contribution in [0.25, 0.3) is 0 Å². The number of Topliss-reactive ketones (excluding diaryl/α,β-unsaturated/α-hetero) is 1. The molecule has 0 aliphatic heterocycles. The van der Waals surface area contributed by atoms with Gasteiger partial charge in [-0.3, -0.25) is 4.79 Å². The summed E-state index contributed by atoms with van der Waals surface area (Å²) in [6.07, 6.45) is 4.16. The van der Waals surface area contributed by atoms with E-state index in [2.05, 4.69) is 39.0 Å².